The lowest BCUT2D eigenvalue weighted by Gasteiger charge is -2.47. The number of hydrogen-bond donors (Lipinski definition) is 1. The molecular formula is C15H21N5S. The van der Waals surface area contributed by atoms with Crippen LogP contribution in [0.4, 0.5) is 5.82 Å². The summed E-state index contributed by atoms with van der Waals surface area (Å²) < 4.78 is 0. The fourth-order valence-electron chi connectivity index (χ4n) is 3.31. The summed E-state index contributed by atoms with van der Waals surface area (Å²) in [6, 6.07) is 0.692. The van der Waals surface area contributed by atoms with Crippen molar-refractivity contribution in [2.24, 2.45) is 0 Å². The molecule has 1 N–H and O–H groups in total. The van der Waals surface area contributed by atoms with Crippen LogP contribution in [0.1, 0.15) is 10.4 Å². The van der Waals surface area contributed by atoms with E-state index >= 15 is 0 Å². The fourth-order valence-corrected chi connectivity index (χ4v) is 4.30. The average Bonchev–Trinajstić information content (AvgIpc) is 2.75. The van der Waals surface area contributed by atoms with Gasteiger partial charge in [0.05, 0.1) is 5.39 Å². The van der Waals surface area contributed by atoms with Crippen molar-refractivity contribution in [3.63, 3.8) is 0 Å². The second-order valence-corrected chi connectivity index (χ2v) is 7.21. The number of piperazine rings is 1. The minimum absolute atomic E-state index is 0.692. The number of hydrogen-bond acceptors (Lipinski definition) is 6. The average molecular weight is 303 g/mol. The number of thiophene rings is 1. The fraction of sp³-hybridized carbons (Fsp3) is 0.600. The SMILES string of the molecule is Cc1sc2ncnc(N3CC(N4CCNCC4)C3)c2c1C. The largest absolute Gasteiger partial charge is 0.353 e. The molecule has 2 saturated heterocycles. The van der Waals surface area contributed by atoms with Gasteiger partial charge >= 0.3 is 0 Å². The second kappa shape index (κ2) is 5.19. The van der Waals surface area contributed by atoms with Gasteiger partial charge in [0, 0.05) is 50.2 Å². The first-order chi connectivity index (χ1) is 10.2. The molecule has 112 valence electrons. The zero-order valence-corrected chi connectivity index (χ0v) is 13.4. The zero-order valence-electron chi connectivity index (χ0n) is 12.6. The summed E-state index contributed by atoms with van der Waals surface area (Å²) in [5.74, 6) is 1.13. The summed E-state index contributed by atoms with van der Waals surface area (Å²) in [5.41, 5.74) is 1.34. The van der Waals surface area contributed by atoms with Gasteiger partial charge in [-0.2, -0.15) is 0 Å². The highest BCUT2D eigenvalue weighted by molar-refractivity contribution is 7.18. The third-order valence-electron chi connectivity index (χ3n) is 4.78. The summed E-state index contributed by atoms with van der Waals surface area (Å²) in [6.45, 7) is 11.2. The minimum atomic E-state index is 0.692. The number of rotatable bonds is 2. The Balaban J connectivity index is 1.56. The number of aromatic nitrogens is 2. The van der Waals surface area contributed by atoms with Crippen molar-refractivity contribution in [1.82, 2.24) is 20.2 Å². The van der Waals surface area contributed by atoms with Gasteiger partial charge in [-0.3, -0.25) is 4.90 Å². The van der Waals surface area contributed by atoms with Crippen LogP contribution in [0.5, 0.6) is 0 Å². The number of nitrogens with one attached hydrogen (secondary N) is 1. The molecule has 0 radical (unpaired) electrons. The predicted octanol–water partition coefficient (Wildman–Crippen LogP) is 1.40. The molecule has 0 unspecified atom stereocenters. The van der Waals surface area contributed by atoms with E-state index in [1.54, 1.807) is 17.7 Å². The van der Waals surface area contributed by atoms with Crippen molar-refractivity contribution in [3.05, 3.63) is 16.8 Å². The van der Waals surface area contributed by atoms with Crippen LogP contribution in [0.3, 0.4) is 0 Å². The Morgan fingerprint density at radius 1 is 1.19 bits per heavy atom. The van der Waals surface area contributed by atoms with Gasteiger partial charge in [0.15, 0.2) is 0 Å². The van der Waals surface area contributed by atoms with Gasteiger partial charge in [-0.1, -0.05) is 0 Å². The molecule has 0 spiro atoms. The summed E-state index contributed by atoms with van der Waals surface area (Å²) in [6.07, 6.45) is 1.71. The molecular weight excluding hydrogens is 282 g/mol. The van der Waals surface area contributed by atoms with Crippen LogP contribution < -0.4 is 10.2 Å². The van der Waals surface area contributed by atoms with Crippen molar-refractivity contribution in [2.75, 3.05) is 44.2 Å². The molecule has 6 heteroatoms. The first-order valence-corrected chi connectivity index (χ1v) is 8.46. The smallest absolute Gasteiger partial charge is 0.141 e. The molecule has 2 aromatic rings. The van der Waals surface area contributed by atoms with Crippen molar-refractivity contribution >= 4 is 27.4 Å². The molecule has 0 bridgehead atoms. The van der Waals surface area contributed by atoms with Gasteiger partial charge in [-0.15, -0.1) is 11.3 Å². The summed E-state index contributed by atoms with van der Waals surface area (Å²) >= 11 is 1.78. The predicted molar refractivity (Wildman–Crippen MR) is 87.3 cm³/mol. The summed E-state index contributed by atoms with van der Waals surface area (Å²) in [4.78, 5) is 16.5. The number of aryl methyl sites for hydroxylation is 2. The van der Waals surface area contributed by atoms with Crippen molar-refractivity contribution < 1.29 is 0 Å². The molecule has 2 fully saturated rings. The van der Waals surface area contributed by atoms with Crippen molar-refractivity contribution in [2.45, 2.75) is 19.9 Å². The van der Waals surface area contributed by atoms with E-state index < -0.39 is 0 Å². The maximum Gasteiger partial charge on any atom is 0.141 e. The molecule has 0 aromatic carbocycles. The van der Waals surface area contributed by atoms with Crippen LogP contribution in [0, 0.1) is 13.8 Å². The van der Waals surface area contributed by atoms with Gasteiger partial charge in [0.1, 0.15) is 17.0 Å². The Bertz CT molecular complexity index is 655. The molecule has 4 rings (SSSR count). The molecule has 4 heterocycles. The van der Waals surface area contributed by atoms with Gasteiger partial charge in [-0.25, -0.2) is 9.97 Å². The Morgan fingerprint density at radius 2 is 1.95 bits per heavy atom. The van der Waals surface area contributed by atoms with Crippen LogP contribution in [-0.4, -0.2) is 60.2 Å². The van der Waals surface area contributed by atoms with E-state index in [0.717, 1.165) is 36.8 Å². The van der Waals surface area contributed by atoms with E-state index in [2.05, 4.69) is 38.9 Å². The molecule has 0 aliphatic carbocycles. The number of nitrogens with zero attached hydrogens (tertiary/aromatic N) is 4. The van der Waals surface area contributed by atoms with Crippen molar-refractivity contribution in [3.8, 4) is 0 Å². The van der Waals surface area contributed by atoms with Gasteiger partial charge in [0.25, 0.3) is 0 Å². The molecule has 2 aliphatic heterocycles. The van der Waals surface area contributed by atoms with E-state index in [0.29, 0.717) is 6.04 Å². The maximum absolute atomic E-state index is 4.57. The second-order valence-electron chi connectivity index (χ2n) is 6.01. The third kappa shape index (κ3) is 2.22. The standard InChI is InChI=1S/C15H21N5S/c1-10-11(2)21-15-13(10)14(17-9-18-15)20-7-12(8-20)19-5-3-16-4-6-19/h9,12,16H,3-8H2,1-2H3. The van der Waals surface area contributed by atoms with Crippen LogP contribution in [0.25, 0.3) is 10.2 Å². The Labute approximate surface area is 129 Å². The first kappa shape index (κ1) is 13.4. The first-order valence-electron chi connectivity index (χ1n) is 7.64. The molecule has 2 aliphatic rings. The highest BCUT2D eigenvalue weighted by Gasteiger charge is 2.34. The number of anilines is 1. The molecule has 0 saturated carbocycles. The summed E-state index contributed by atoms with van der Waals surface area (Å²) in [7, 11) is 0. The Morgan fingerprint density at radius 3 is 2.71 bits per heavy atom. The van der Waals surface area contributed by atoms with Gasteiger partial charge < -0.3 is 10.2 Å². The number of fused-ring (bicyclic) bond motifs is 1. The lowest BCUT2D eigenvalue weighted by Crippen LogP contribution is -2.63. The highest BCUT2D eigenvalue weighted by atomic mass is 32.1. The molecule has 0 atom stereocenters. The van der Waals surface area contributed by atoms with Crippen LogP contribution >= 0.6 is 11.3 Å². The van der Waals surface area contributed by atoms with E-state index in [1.165, 1.54) is 28.9 Å². The van der Waals surface area contributed by atoms with E-state index in [-0.39, 0.29) is 0 Å². The molecule has 21 heavy (non-hydrogen) atoms. The normalized spacial score (nSPS) is 21.0. The Hall–Kier alpha value is -1.24. The lowest BCUT2D eigenvalue weighted by molar-refractivity contribution is 0.147. The van der Waals surface area contributed by atoms with E-state index in [1.807, 2.05) is 0 Å². The maximum atomic E-state index is 4.57. The van der Waals surface area contributed by atoms with Gasteiger partial charge in [-0.05, 0) is 19.4 Å². The molecule has 2 aromatic heterocycles. The lowest BCUT2D eigenvalue weighted by atomic mass is 10.0. The van der Waals surface area contributed by atoms with Crippen molar-refractivity contribution in [1.29, 1.82) is 0 Å². The van der Waals surface area contributed by atoms with Crippen LogP contribution in [0.2, 0.25) is 0 Å². The third-order valence-corrected chi connectivity index (χ3v) is 5.89. The monoisotopic (exact) mass is 303 g/mol. The molecule has 0 amide bonds. The minimum Gasteiger partial charge on any atom is -0.353 e. The Kier molecular flexibility index (Phi) is 3.32. The summed E-state index contributed by atoms with van der Waals surface area (Å²) in [5, 5.41) is 4.68. The van der Waals surface area contributed by atoms with Gasteiger partial charge in [0.2, 0.25) is 0 Å². The molecule has 5 nitrogen and oxygen atoms in total. The quantitative estimate of drug-likeness (QED) is 0.908. The van der Waals surface area contributed by atoms with Crippen LogP contribution in [0.15, 0.2) is 6.33 Å². The van der Waals surface area contributed by atoms with Crippen LogP contribution in [-0.2, 0) is 0 Å². The zero-order chi connectivity index (χ0) is 14.4. The van der Waals surface area contributed by atoms with E-state index in [4.69, 9.17) is 0 Å². The van der Waals surface area contributed by atoms with E-state index in [9.17, 15) is 0 Å². The highest BCUT2D eigenvalue weighted by Crippen LogP contribution is 2.36. The topological polar surface area (TPSA) is 44.3 Å².